The van der Waals surface area contributed by atoms with Crippen LogP contribution >= 0.6 is 0 Å². The van der Waals surface area contributed by atoms with Crippen LogP contribution in [-0.2, 0) is 11.3 Å². The average molecular weight is 221 g/mol. The summed E-state index contributed by atoms with van der Waals surface area (Å²) in [6.45, 7) is 3.33. The standard InChI is InChI=1S/C10H15N5O/c16-10(14-4-1-2-5-14)8-9-12-7-13-15(9)6-3-11-8/h7-8,11H,1-6H2. The van der Waals surface area contributed by atoms with Gasteiger partial charge >= 0.3 is 0 Å². The van der Waals surface area contributed by atoms with E-state index in [1.165, 1.54) is 6.33 Å². The van der Waals surface area contributed by atoms with Gasteiger partial charge in [-0.15, -0.1) is 0 Å². The highest BCUT2D eigenvalue weighted by atomic mass is 16.2. The van der Waals surface area contributed by atoms with E-state index in [0.29, 0.717) is 0 Å². The van der Waals surface area contributed by atoms with Gasteiger partial charge in [-0.1, -0.05) is 0 Å². The summed E-state index contributed by atoms with van der Waals surface area (Å²) in [4.78, 5) is 18.3. The monoisotopic (exact) mass is 221 g/mol. The van der Waals surface area contributed by atoms with Gasteiger partial charge in [0, 0.05) is 19.6 Å². The average Bonchev–Trinajstić information content (AvgIpc) is 2.98. The molecule has 0 aromatic carbocycles. The van der Waals surface area contributed by atoms with Gasteiger partial charge in [0.25, 0.3) is 0 Å². The molecule has 0 radical (unpaired) electrons. The SMILES string of the molecule is O=C(C1NCCn2ncnc21)N1CCCC1. The molecule has 86 valence electrons. The molecule has 16 heavy (non-hydrogen) atoms. The van der Waals surface area contributed by atoms with Crippen molar-refractivity contribution >= 4 is 5.91 Å². The number of carbonyl (C=O) groups is 1. The first-order valence-electron chi connectivity index (χ1n) is 5.76. The summed E-state index contributed by atoms with van der Waals surface area (Å²) >= 11 is 0. The molecule has 1 saturated heterocycles. The Hall–Kier alpha value is -1.43. The molecule has 1 N–H and O–H groups in total. The minimum absolute atomic E-state index is 0.145. The predicted octanol–water partition coefficient (Wildman–Crippen LogP) is -0.455. The van der Waals surface area contributed by atoms with E-state index < -0.39 is 0 Å². The molecule has 0 aliphatic carbocycles. The van der Waals surface area contributed by atoms with Crippen LogP contribution in [0.5, 0.6) is 0 Å². The van der Waals surface area contributed by atoms with Gasteiger partial charge < -0.3 is 4.90 Å². The summed E-state index contributed by atoms with van der Waals surface area (Å²) in [6, 6.07) is -0.297. The Morgan fingerprint density at radius 2 is 2.19 bits per heavy atom. The van der Waals surface area contributed by atoms with Crippen molar-refractivity contribution in [1.29, 1.82) is 0 Å². The van der Waals surface area contributed by atoms with E-state index in [2.05, 4.69) is 15.4 Å². The van der Waals surface area contributed by atoms with Crippen LogP contribution in [0.15, 0.2) is 6.33 Å². The quantitative estimate of drug-likeness (QED) is 0.697. The highest BCUT2D eigenvalue weighted by Gasteiger charge is 2.32. The molecule has 3 rings (SSSR count). The number of nitrogens with one attached hydrogen (secondary N) is 1. The van der Waals surface area contributed by atoms with Crippen LogP contribution < -0.4 is 5.32 Å². The number of hydrogen-bond donors (Lipinski definition) is 1. The molecule has 2 aliphatic heterocycles. The molecule has 1 aromatic heterocycles. The third-order valence-corrected chi connectivity index (χ3v) is 3.24. The van der Waals surface area contributed by atoms with Gasteiger partial charge in [0.15, 0.2) is 5.82 Å². The first kappa shape index (κ1) is 9.77. The highest BCUT2D eigenvalue weighted by molar-refractivity contribution is 5.82. The number of fused-ring (bicyclic) bond motifs is 1. The molecule has 1 aromatic rings. The van der Waals surface area contributed by atoms with Crippen molar-refractivity contribution in [2.75, 3.05) is 19.6 Å². The zero-order valence-electron chi connectivity index (χ0n) is 9.09. The number of hydrogen-bond acceptors (Lipinski definition) is 4. The molecular formula is C10H15N5O. The number of carbonyl (C=O) groups excluding carboxylic acids is 1. The molecule has 1 unspecified atom stereocenters. The molecular weight excluding hydrogens is 206 g/mol. The molecule has 2 aliphatic rings. The van der Waals surface area contributed by atoms with E-state index in [4.69, 9.17) is 0 Å². The van der Waals surface area contributed by atoms with Gasteiger partial charge in [-0.25, -0.2) is 9.67 Å². The maximum atomic E-state index is 12.2. The second kappa shape index (κ2) is 3.86. The molecule has 0 bridgehead atoms. The number of likely N-dealkylation sites (tertiary alicyclic amines) is 1. The van der Waals surface area contributed by atoms with Crippen LogP contribution in [0, 0.1) is 0 Å². The van der Waals surface area contributed by atoms with Gasteiger partial charge in [0.05, 0.1) is 6.54 Å². The Morgan fingerprint density at radius 1 is 1.38 bits per heavy atom. The molecule has 6 nitrogen and oxygen atoms in total. The van der Waals surface area contributed by atoms with Crippen LogP contribution in [0.2, 0.25) is 0 Å². The smallest absolute Gasteiger partial charge is 0.247 e. The van der Waals surface area contributed by atoms with Gasteiger partial charge in [-0.3, -0.25) is 10.1 Å². The summed E-state index contributed by atoms with van der Waals surface area (Å²) in [5.74, 6) is 0.898. The molecule has 3 heterocycles. The molecule has 1 amide bonds. The van der Waals surface area contributed by atoms with Crippen molar-refractivity contribution in [2.24, 2.45) is 0 Å². The lowest BCUT2D eigenvalue weighted by molar-refractivity contribution is -0.133. The molecule has 0 saturated carbocycles. The van der Waals surface area contributed by atoms with Crippen molar-refractivity contribution in [3.05, 3.63) is 12.2 Å². The van der Waals surface area contributed by atoms with Crippen LogP contribution in [0.25, 0.3) is 0 Å². The maximum Gasteiger partial charge on any atom is 0.247 e. The fourth-order valence-corrected chi connectivity index (χ4v) is 2.39. The lowest BCUT2D eigenvalue weighted by atomic mass is 10.2. The predicted molar refractivity (Wildman–Crippen MR) is 56.6 cm³/mol. The lowest BCUT2D eigenvalue weighted by Gasteiger charge is -2.26. The van der Waals surface area contributed by atoms with Crippen LogP contribution in [0.3, 0.4) is 0 Å². The summed E-state index contributed by atoms with van der Waals surface area (Å²) in [5, 5.41) is 7.33. The largest absolute Gasteiger partial charge is 0.341 e. The van der Waals surface area contributed by atoms with Crippen molar-refractivity contribution in [3.63, 3.8) is 0 Å². The van der Waals surface area contributed by atoms with E-state index in [1.807, 2.05) is 9.58 Å². The Balaban J connectivity index is 1.83. The third kappa shape index (κ3) is 1.49. The molecule has 1 fully saturated rings. The van der Waals surface area contributed by atoms with Crippen LogP contribution in [0.4, 0.5) is 0 Å². The number of rotatable bonds is 1. The van der Waals surface area contributed by atoms with Gasteiger partial charge in [0.1, 0.15) is 12.4 Å². The lowest BCUT2D eigenvalue weighted by Crippen LogP contribution is -2.44. The number of aromatic nitrogens is 3. The maximum absolute atomic E-state index is 12.2. The second-order valence-electron chi connectivity index (χ2n) is 4.26. The molecule has 6 heteroatoms. The minimum atomic E-state index is -0.297. The summed E-state index contributed by atoms with van der Waals surface area (Å²) in [6.07, 6.45) is 3.75. The van der Waals surface area contributed by atoms with Crippen molar-refractivity contribution in [1.82, 2.24) is 25.0 Å². The number of nitrogens with zero attached hydrogens (tertiary/aromatic N) is 4. The zero-order chi connectivity index (χ0) is 11.0. The van der Waals surface area contributed by atoms with Gasteiger partial charge in [-0.2, -0.15) is 5.10 Å². The van der Waals surface area contributed by atoms with E-state index in [-0.39, 0.29) is 11.9 Å². The van der Waals surface area contributed by atoms with E-state index in [1.54, 1.807) is 0 Å². The van der Waals surface area contributed by atoms with E-state index in [0.717, 1.165) is 44.8 Å². The number of amides is 1. The Morgan fingerprint density at radius 3 is 3.00 bits per heavy atom. The Labute approximate surface area is 93.6 Å². The first-order valence-corrected chi connectivity index (χ1v) is 5.76. The fraction of sp³-hybridized carbons (Fsp3) is 0.700. The molecule has 0 spiro atoms. The Kier molecular flexibility index (Phi) is 2.36. The van der Waals surface area contributed by atoms with Crippen molar-refractivity contribution in [2.45, 2.75) is 25.4 Å². The normalized spacial score (nSPS) is 24.5. The van der Waals surface area contributed by atoms with Gasteiger partial charge in [0.2, 0.25) is 5.91 Å². The van der Waals surface area contributed by atoms with E-state index >= 15 is 0 Å². The topological polar surface area (TPSA) is 63.1 Å². The van der Waals surface area contributed by atoms with E-state index in [9.17, 15) is 4.79 Å². The summed E-state index contributed by atoms with van der Waals surface area (Å²) in [7, 11) is 0. The third-order valence-electron chi connectivity index (χ3n) is 3.24. The zero-order valence-corrected chi connectivity index (χ0v) is 9.09. The minimum Gasteiger partial charge on any atom is -0.341 e. The first-order chi connectivity index (χ1) is 7.86. The van der Waals surface area contributed by atoms with Crippen LogP contribution in [-0.4, -0.2) is 45.2 Å². The summed E-state index contributed by atoms with van der Waals surface area (Å²) in [5.41, 5.74) is 0. The fourth-order valence-electron chi connectivity index (χ4n) is 2.39. The second-order valence-corrected chi connectivity index (χ2v) is 4.26. The van der Waals surface area contributed by atoms with Crippen molar-refractivity contribution in [3.8, 4) is 0 Å². The molecule has 1 atom stereocenters. The van der Waals surface area contributed by atoms with Crippen molar-refractivity contribution < 1.29 is 4.79 Å². The van der Waals surface area contributed by atoms with Crippen LogP contribution in [0.1, 0.15) is 24.7 Å². The summed E-state index contributed by atoms with van der Waals surface area (Å²) < 4.78 is 1.81. The highest BCUT2D eigenvalue weighted by Crippen LogP contribution is 2.19. The Bertz CT molecular complexity index is 396. The van der Waals surface area contributed by atoms with Gasteiger partial charge in [-0.05, 0) is 12.8 Å².